The van der Waals surface area contributed by atoms with E-state index in [4.69, 9.17) is 23.2 Å². The molecule has 0 aromatic carbocycles. The highest BCUT2D eigenvalue weighted by Gasteiger charge is 2.16. The van der Waals surface area contributed by atoms with Crippen molar-refractivity contribution >= 4 is 23.2 Å². The first-order valence-corrected chi connectivity index (χ1v) is 7.69. The molecule has 1 aromatic rings. The maximum atomic E-state index is 6.37. The van der Waals surface area contributed by atoms with Crippen LogP contribution in [0.2, 0.25) is 5.02 Å². The van der Waals surface area contributed by atoms with E-state index in [1.807, 2.05) is 4.68 Å². The molecular formula is C14H24Cl2N2. The Hall–Kier alpha value is -0.210. The molecule has 0 N–H and O–H groups in total. The van der Waals surface area contributed by atoms with Crippen LogP contribution >= 0.6 is 23.2 Å². The van der Waals surface area contributed by atoms with Gasteiger partial charge in [0.15, 0.2) is 0 Å². The smallest absolute Gasteiger partial charge is 0.0849 e. The molecule has 104 valence electrons. The summed E-state index contributed by atoms with van der Waals surface area (Å²) in [5.74, 6) is 0.644. The highest BCUT2D eigenvalue weighted by molar-refractivity contribution is 6.31. The van der Waals surface area contributed by atoms with Crippen molar-refractivity contribution in [3.05, 3.63) is 16.4 Å². The van der Waals surface area contributed by atoms with Gasteiger partial charge >= 0.3 is 0 Å². The number of halogens is 2. The molecule has 0 saturated carbocycles. The van der Waals surface area contributed by atoms with Crippen molar-refractivity contribution in [3.63, 3.8) is 0 Å². The Morgan fingerprint density at radius 3 is 2.44 bits per heavy atom. The maximum Gasteiger partial charge on any atom is 0.0849 e. The lowest BCUT2D eigenvalue weighted by Crippen LogP contribution is -2.08. The Morgan fingerprint density at radius 2 is 1.94 bits per heavy atom. The number of aryl methyl sites for hydroxylation is 2. The predicted octanol–water partition coefficient (Wildman–Crippen LogP) is 4.70. The summed E-state index contributed by atoms with van der Waals surface area (Å²) >= 11 is 12.7. The highest BCUT2D eigenvalue weighted by Crippen LogP contribution is 2.25. The van der Waals surface area contributed by atoms with Crippen LogP contribution in [-0.2, 0) is 19.4 Å². The van der Waals surface area contributed by atoms with Gasteiger partial charge in [-0.3, -0.25) is 4.68 Å². The summed E-state index contributed by atoms with van der Waals surface area (Å²) in [4.78, 5) is 0. The van der Waals surface area contributed by atoms with Crippen LogP contribution in [0.1, 0.15) is 51.9 Å². The minimum Gasteiger partial charge on any atom is -0.268 e. The quantitative estimate of drug-likeness (QED) is 0.665. The van der Waals surface area contributed by atoms with Gasteiger partial charge < -0.3 is 0 Å². The molecule has 2 nitrogen and oxygen atoms in total. The third-order valence-corrected chi connectivity index (χ3v) is 3.95. The average molecular weight is 291 g/mol. The Morgan fingerprint density at radius 1 is 1.28 bits per heavy atom. The second-order valence-corrected chi connectivity index (χ2v) is 6.14. The van der Waals surface area contributed by atoms with Crippen LogP contribution in [0.15, 0.2) is 0 Å². The molecule has 0 saturated heterocycles. The Balaban J connectivity index is 2.69. The molecule has 0 aliphatic rings. The van der Waals surface area contributed by atoms with Crippen LogP contribution in [0.25, 0.3) is 0 Å². The van der Waals surface area contributed by atoms with Gasteiger partial charge in [-0.1, -0.05) is 32.4 Å². The Labute approximate surface area is 121 Å². The van der Waals surface area contributed by atoms with E-state index in [0.29, 0.717) is 5.92 Å². The van der Waals surface area contributed by atoms with E-state index >= 15 is 0 Å². The number of hydrogen-bond acceptors (Lipinski definition) is 1. The fraction of sp³-hybridized carbons (Fsp3) is 0.786. The Bertz CT molecular complexity index is 372. The molecule has 1 rings (SSSR count). The molecule has 0 fully saturated rings. The zero-order valence-corrected chi connectivity index (χ0v) is 13.4. The number of alkyl halides is 1. The third kappa shape index (κ3) is 4.17. The topological polar surface area (TPSA) is 17.8 Å². The van der Waals surface area contributed by atoms with E-state index in [1.54, 1.807) is 0 Å². The molecule has 0 radical (unpaired) electrons. The summed E-state index contributed by atoms with van der Waals surface area (Å²) in [7, 11) is 0. The van der Waals surface area contributed by atoms with Crippen LogP contribution in [0.3, 0.4) is 0 Å². The van der Waals surface area contributed by atoms with Gasteiger partial charge in [-0.25, -0.2) is 0 Å². The van der Waals surface area contributed by atoms with Crippen molar-refractivity contribution in [2.75, 3.05) is 0 Å². The zero-order valence-electron chi connectivity index (χ0n) is 11.8. The summed E-state index contributed by atoms with van der Waals surface area (Å²) in [6.45, 7) is 9.45. The lowest BCUT2D eigenvalue weighted by atomic mass is 10.0. The van der Waals surface area contributed by atoms with Crippen LogP contribution in [0.4, 0.5) is 0 Å². The summed E-state index contributed by atoms with van der Waals surface area (Å²) in [6, 6.07) is 0. The molecule has 1 unspecified atom stereocenters. The fourth-order valence-electron chi connectivity index (χ4n) is 2.18. The first-order chi connectivity index (χ1) is 8.49. The monoisotopic (exact) mass is 290 g/mol. The van der Waals surface area contributed by atoms with Crippen molar-refractivity contribution in [1.29, 1.82) is 0 Å². The van der Waals surface area contributed by atoms with Crippen molar-refractivity contribution in [2.45, 2.75) is 65.3 Å². The minimum absolute atomic E-state index is 0.228. The number of nitrogens with zero attached hydrogens (tertiary/aromatic N) is 2. The molecule has 0 aliphatic carbocycles. The van der Waals surface area contributed by atoms with Crippen molar-refractivity contribution in [2.24, 2.45) is 5.92 Å². The standard InChI is InChI=1S/C14H24Cl2N2/c1-5-12-14(16)13(18(6-2)17-12)8-7-11(15)9-10(3)4/h10-11H,5-9H2,1-4H3. The average Bonchev–Trinajstić information content (AvgIpc) is 2.62. The van der Waals surface area contributed by atoms with E-state index in [0.717, 1.165) is 48.6 Å². The Kier molecular flexibility index (Phi) is 6.51. The first kappa shape index (κ1) is 15.8. The van der Waals surface area contributed by atoms with E-state index in [2.05, 4.69) is 32.8 Å². The lowest BCUT2D eigenvalue weighted by molar-refractivity contribution is 0.532. The minimum atomic E-state index is 0.228. The molecular weight excluding hydrogens is 267 g/mol. The summed E-state index contributed by atoms with van der Waals surface area (Å²) in [5.41, 5.74) is 2.15. The second-order valence-electron chi connectivity index (χ2n) is 5.14. The molecule has 1 atom stereocenters. The van der Waals surface area contributed by atoms with Gasteiger partial charge in [0.05, 0.1) is 16.4 Å². The van der Waals surface area contributed by atoms with Crippen LogP contribution in [0, 0.1) is 5.92 Å². The van der Waals surface area contributed by atoms with Gasteiger partial charge in [0.2, 0.25) is 0 Å². The van der Waals surface area contributed by atoms with E-state index in [1.165, 1.54) is 0 Å². The molecule has 0 bridgehead atoms. The third-order valence-electron chi connectivity index (χ3n) is 3.12. The summed E-state index contributed by atoms with van der Waals surface area (Å²) in [5, 5.41) is 5.60. The van der Waals surface area contributed by atoms with Crippen LogP contribution in [-0.4, -0.2) is 15.2 Å². The molecule has 0 spiro atoms. The summed E-state index contributed by atoms with van der Waals surface area (Å²) in [6.07, 6.45) is 3.82. The van der Waals surface area contributed by atoms with Crippen molar-refractivity contribution < 1.29 is 0 Å². The van der Waals surface area contributed by atoms with Crippen molar-refractivity contribution in [3.8, 4) is 0 Å². The maximum absolute atomic E-state index is 6.37. The van der Waals surface area contributed by atoms with Gasteiger partial charge in [-0.15, -0.1) is 11.6 Å². The van der Waals surface area contributed by atoms with E-state index in [-0.39, 0.29) is 5.38 Å². The van der Waals surface area contributed by atoms with Gasteiger partial charge in [-0.2, -0.15) is 5.10 Å². The summed E-state index contributed by atoms with van der Waals surface area (Å²) < 4.78 is 2.01. The van der Waals surface area contributed by atoms with Crippen LogP contribution in [0.5, 0.6) is 0 Å². The predicted molar refractivity (Wildman–Crippen MR) is 79.7 cm³/mol. The molecule has 18 heavy (non-hydrogen) atoms. The van der Waals surface area contributed by atoms with Crippen molar-refractivity contribution in [1.82, 2.24) is 9.78 Å². The van der Waals surface area contributed by atoms with E-state index < -0.39 is 0 Å². The van der Waals surface area contributed by atoms with Crippen LogP contribution < -0.4 is 0 Å². The SMILES string of the molecule is CCc1nn(CC)c(CCC(Cl)CC(C)C)c1Cl. The lowest BCUT2D eigenvalue weighted by Gasteiger charge is -2.12. The zero-order chi connectivity index (χ0) is 13.7. The van der Waals surface area contributed by atoms with Gasteiger partial charge in [-0.05, 0) is 38.5 Å². The molecule has 0 aliphatic heterocycles. The number of aromatic nitrogens is 2. The normalized spacial score (nSPS) is 13.3. The van der Waals surface area contributed by atoms with Gasteiger partial charge in [0.1, 0.15) is 0 Å². The van der Waals surface area contributed by atoms with Gasteiger partial charge in [0, 0.05) is 11.9 Å². The largest absolute Gasteiger partial charge is 0.268 e. The fourth-order valence-corrected chi connectivity index (χ4v) is 3.01. The number of rotatable bonds is 7. The highest BCUT2D eigenvalue weighted by atomic mass is 35.5. The van der Waals surface area contributed by atoms with Gasteiger partial charge in [0.25, 0.3) is 0 Å². The molecule has 0 amide bonds. The molecule has 1 heterocycles. The second kappa shape index (κ2) is 7.40. The first-order valence-electron chi connectivity index (χ1n) is 6.87. The molecule has 1 aromatic heterocycles. The number of hydrogen-bond donors (Lipinski definition) is 0. The van der Waals surface area contributed by atoms with E-state index in [9.17, 15) is 0 Å². The molecule has 4 heteroatoms.